The summed E-state index contributed by atoms with van der Waals surface area (Å²) in [5.74, 6) is 0.361. The molecular formula is C14H18N4O. The van der Waals surface area contributed by atoms with Crippen molar-refractivity contribution in [2.24, 2.45) is 5.92 Å². The van der Waals surface area contributed by atoms with Crippen LogP contribution in [-0.2, 0) is 0 Å². The number of aromatic nitrogens is 2. The first-order valence-corrected chi connectivity index (χ1v) is 6.69. The molecule has 1 amide bonds. The molecular weight excluding hydrogens is 240 g/mol. The average molecular weight is 258 g/mol. The third kappa shape index (κ3) is 3.08. The Labute approximate surface area is 113 Å². The zero-order valence-electron chi connectivity index (χ0n) is 11.1. The Morgan fingerprint density at radius 1 is 1.53 bits per heavy atom. The maximum absolute atomic E-state index is 12.1. The van der Waals surface area contributed by atoms with E-state index >= 15 is 0 Å². The van der Waals surface area contributed by atoms with Gasteiger partial charge in [0.05, 0.1) is 12.3 Å². The maximum Gasteiger partial charge on any atom is 0.272 e. The average Bonchev–Trinajstić information content (AvgIpc) is 2.49. The highest BCUT2D eigenvalue weighted by Gasteiger charge is 2.36. The highest BCUT2D eigenvalue weighted by Crippen LogP contribution is 2.33. The number of amides is 1. The molecule has 1 saturated carbocycles. The molecule has 0 saturated heterocycles. The van der Waals surface area contributed by atoms with Gasteiger partial charge in [0.25, 0.3) is 5.91 Å². The van der Waals surface area contributed by atoms with E-state index in [1.54, 1.807) is 0 Å². The molecule has 0 spiro atoms. The van der Waals surface area contributed by atoms with E-state index in [4.69, 9.17) is 0 Å². The van der Waals surface area contributed by atoms with Gasteiger partial charge in [-0.3, -0.25) is 9.78 Å². The number of carbonyl (C=O) groups excluding carboxylic acids is 1. The predicted octanol–water partition coefficient (Wildman–Crippen LogP) is 2.07. The van der Waals surface area contributed by atoms with Crippen LogP contribution in [0, 0.1) is 17.2 Å². The van der Waals surface area contributed by atoms with Crippen molar-refractivity contribution in [3.8, 4) is 6.07 Å². The Hall–Kier alpha value is -1.96. The van der Waals surface area contributed by atoms with E-state index in [1.165, 1.54) is 18.6 Å². The lowest BCUT2D eigenvalue weighted by Gasteiger charge is -2.35. The van der Waals surface area contributed by atoms with E-state index in [9.17, 15) is 10.1 Å². The van der Waals surface area contributed by atoms with Gasteiger partial charge in [0.1, 0.15) is 11.2 Å². The first-order valence-electron chi connectivity index (χ1n) is 6.69. The van der Waals surface area contributed by atoms with Crippen molar-refractivity contribution in [1.82, 2.24) is 15.3 Å². The van der Waals surface area contributed by atoms with Gasteiger partial charge in [-0.25, -0.2) is 4.98 Å². The number of nitriles is 1. The van der Waals surface area contributed by atoms with Crippen LogP contribution in [-0.4, -0.2) is 21.4 Å². The molecule has 2 rings (SSSR count). The minimum absolute atomic E-state index is 0.259. The molecule has 100 valence electrons. The molecule has 1 aliphatic carbocycles. The molecule has 0 unspecified atom stereocenters. The van der Waals surface area contributed by atoms with Crippen LogP contribution >= 0.6 is 0 Å². The summed E-state index contributed by atoms with van der Waals surface area (Å²) in [6.07, 6.45) is 8.96. The fourth-order valence-corrected chi connectivity index (χ4v) is 2.54. The highest BCUT2D eigenvalue weighted by atomic mass is 16.2. The molecule has 0 aliphatic heterocycles. The van der Waals surface area contributed by atoms with E-state index < -0.39 is 5.54 Å². The van der Waals surface area contributed by atoms with E-state index in [-0.39, 0.29) is 11.6 Å². The molecule has 5 nitrogen and oxygen atoms in total. The van der Waals surface area contributed by atoms with E-state index in [2.05, 4.69) is 28.3 Å². The third-order valence-corrected chi connectivity index (χ3v) is 3.90. The summed E-state index contributed by atoms with van der Waals surface area (Å²) in [5, 5.41) is 12.2. The molecule has 1 heterocycles. The lowest BCUT2D eigenvalue weighted by molar-refractivity contribution is 0.0885. The SMILES string of the molecule is CCC1CCC(C#N)(NC(=O)c2cnccn2)CC1. The van der Waals surface area contributed by atoms with Gasteiger partial charge in [-0.15, -0.1) is 0 Å². The van der Waals surface area contributed by atoms with Crippen LogP contribution < -0.4 is 5.32 Å². The fraction of sp³-hybridized carbons (Fsp3) is 0.571. The molecule has 19 heavy (non-hydrogen) atoms. The Kier molecular flexibility index (Phi) is 4.10. The van der Waals surface area contributed by atoms with Gasteiger partial charge in [0.2, 0.25) is 0 Å². The molecule has 1 aliphatic rings. The number of nitrogens with one attached hydrogen (secondary N) is 1. The third-order valence-electron chi connectivity index (χ3n) is 3.90. The molecule has 1 fully saturated rings. The smallest absolute Gasteiger partial charge is 0.272 e. The van der Waals surface area contributed by atoms with Gasteiger partial charge >= 0.3 is 0 Å². The number of rotatable bonds is 3. The largest absolute Gasteiger partial charge is 0.332 e. The fourth-order valence-electron chi connectivity index (χ4n) is 2.54. The molecule has 0 aromatic carbocycles. The monoisotopic (exact) mass is 258 g/mol. The lowest BCUT2D eigenvalue weighted by Crippen LogP contribution is -2.49. The van der Waals surface area contributed by atoms with Crippen LogP contribution in [0.4, 0.5) is 0 Å². The normalized spacial score (nSPS) is 26.4. The molecule has 1 aromatic heterocycles. The molecule has 1 N–H and O–H groups in total. The van der Waals surface area contributed by atoms with Crippen molar-refractivity contribution < 1.29 is 4.79 Å². The van der Waals surface area contributed by atoms with Crippen molar-refractivity contribution in [2.45, 2.75) is 44.6 Å². The maximum atomic E-state index is 12.1. The Bertz CT molecular complexity index is 472. The van der Waals surface area contributed by atoms with Gasteiger partial charge < -0.3 is 5.32 Å². The second kappa shape index (κ2) is 5.79. The standard InChI is InChI=1S/C14H18N4O/c1-2-11-3-5-14(10-15,6-4-11)18-13(19)12-9-16-7-8-17-12/h7-9,11H,2-6H2,1H3,(H,18,19). The summed E-state index contributed by atoms with van der Waals surface area (Å²) < 4.78 is 0. The first kappa shape index (κ1) is 13.5. The van der Waals surface area contributed by atoms with Crippen LogP contribution in [0.15, 0.2) is 18.6 Å². The number of hydrogen-bond donors (Lipinski definition) is 1. The second-order valence-corrected chi connectivity index (χ2v) is 5.09. The number of hydrogen-bond acceptors (Lipinski definition) is 4. The minimum Gasteiger partial charge on any atom is -0.332 e. The van der Waals surface area contributed by atoms with Crippen molar-refractivity contribution in [3.05, 3.63) is 24.3 Å². The van der Waals surface area contributed by atoms with E-state index in [0.717, 1.165) is 19.3 Å². The van der Waals surface area contributed by atoms with E-state index in [0.29, 0.717) is 18.8 Å². The predicted molar refractivity (Wildman–Crippen MR) is 70.1 cm³/mol. The van der Waals surface area contributed by atoms with Gasteiger partial charge in [-0.2, -0.15) is 5.26 Å². The Morgan fingerprint density at radius 3 is 2.79 bits per heavy atom. The first-order chi connectivity index (χ1) is 9.19. The number of carbonyl (C=O) groups is 1. The molecule has 5 heteroatoms. The van der Waals surface area contributed by atoms with Crippen LogP contribution in [0.5, 0.6) is 0 Å². The van der Waals surface area contributed by atoms with Gasteiger partial charge in [-0.1, -0.05) is 13.3 Å². The molecule has 0 radical (unpaired) electrons. The summed E-state index contributed by atoms with van der Waals surface area (Å²) in [5.41, 5.74) is -0.477. The summed E-state index contributed by atoms with van der Waals surface area (Å²) in [4.78, 5) is 19.9. The van der Waals surface area contributed by atoms with Crippen molar-refractivity contribution in [1.29, 1.82) is 5.26 Å². The minimum atomic E-state index is -0.736. The van der Waals surface area contributed by atoms with Crippen LogP contribution in [0.2, 0.25) is 0 Å². The quantitative estimate of drug-likeness (QED) is 0.900. The summed E-state index contributed by atoms with van der Waals surface area (Å²) in [6, 6.07) is 2.28. The summed E-state index contributed by atoms with van der Waals surface area (Å²) in [6.45, 7) is 2.17. The van der Waals surface area contributed by atoms with Gasteiger partial charge in [0.15, 0.2) is 0 Å². The zero-order chi connectivity index (χ0) is 13.7. The highest BCUT2D eigenvalue weighted by molar-refractivity contribution is 5.92. The Balaban J connectivity index is 2.04. The second-order valence-electron chi connectivity index (χ2n) is 5.09. The molecule has 0 bridgehead atoms. The van der Waals surface area contributed by atoms with Gasteiger partial charge in [0, 0.05) is 12.4 Å². The topological polar surface area (TPSA) is 78.7 Å². The van der Waals surface area contributed by atoms with Crippen LogP contribution in [0.25, 0.3) is 0 Å². The number of nitrogens with zero attached hydrogens (tertiary/aromatic N) is 3. The zero-order valence-corrected chi connectivity index (χ0v) is 11.1. The molecule has 0 atom stereocenters. The Morgan fingerprint density at radius 2 is 2.26 bits per heavy atom. The van der Waals surface area contributed by atoms with Crippen molar-refractivity contribution in [2.75, 3.05) is 0 Å². The van der Waals surface area contributed by atoms with E-state index in [1.807, 2.05) is 0 Å². The van der Waals surface area contributed by atoms with Crippen LogP contribution in [0.1, 0.15) is 49.5 Å². The summed E-state index contributed by atoms with van der Waals surface area (Å²) in [7, 11) is 0. The lowest BCUT2D eigenvalue weighted by atomic mass is 9.76. The van der Waals surface area contributed by atoms with Crippen molar-refractivity contribution >= 4 is 5.91 Å². The van der Waals surface area contributed by atoms with Crippen LogP contribution in [0.3, 0.4) is 0 Å². The van der Waals surface area contributed by atoms with Crippen molar-refractivity contribution in [3.63, 3.8) is 0 Å². The summed E-state index contributed by atoms with van der Waals surface area (Å²) >= 11 is 0. The molecule has 1 aromatic rings. The van der Waals surface area contributed by atoms with Gasteiger partial charge in [-0.05, 0) is 31.6 Å².